The molecule has 1 saturated heterocycles. The zero-order chi connectivity index (χ0) is 12.7. The Morgan fingerprint density at radius 2 is 2.35 bits per heavy atom. The topological polar surface area (TPSA) is 49.4 Å². The molecule has 1 atom stereocenters. The number of hydrogen-bond donors (Lipinski definition) is 1. The molecule has 0 aromatic rings. The lowest BCUT2D eigenvalue weighted by atomic mass is 10.1. The van der Waals surface area contributed by atoms with Crippen LogP contribution in [0.5, 0.6) is 0 Å². The second-order valence-electron chi connectivity index (χ2n) is 4.48. The Balaban J connectivity index is 2.34. The fourth-order valence-electron chi connectivity index (χ4n) is 2.03. The van der Waals surface area contributed by atoms with Crippen LogP contribution in [-0.4, -0.2) is 36.3 Å². The minimum atomic E-state index is -0.177. The third-order valence-corrected chi connectivity index (χ3v) is 3.04. The molecule has 0 radical (unpaired) electrons. The van der Waals surface area contributed by atoms with Gasteiger partial charge in [-0.2, -0.15) is 0 Å². The lowest BCUT2D eigenvalue weighted by Crippen LogP contribution is -2.33. The van der Waals surface area contributed by atoms with E-state index in [1.54, 1.807) is 6.08 Å². The molecule has 0 aromatic carbocycles. The van der Waals surface area contributed by atoms with Gasteiger partial charge in [-0.15, -0.1) is 6.58 Å². The summed E-state index contributed by atoms with van der Waals surface area (Å²) in [6.07, 6.45) is 5.31. The summed E-state index contributed by atoms with van der Waals surface area (Å²) in [6, 6.07) is 0. The summed E-state index contributed by atoms with van der Waals surface area (Å²) in [5, 5.41) is 2.75. The second kappa shape index (κ2) is 7.09. The molecule has 1 fully saturated rings. The first-order valence-electron chi connectivity index (χ1n) is 6.35. The summed E-state index contributed by atoms with van der Waals surface area (Å²) in [4.78, 5) is 25.2. The van der Waals surface area contributed by atoms with Gasteiger partial charge in [0.25, 0.3) is 0 Å². The summed E-state index contributed by atoms with van der Waals surface area (Å²) in [7, 11) is 0. The summed E-state index contributed by atoms with van der Waals surface area (Å²) < 4.78 is 0. The first kappa shape index (κ1) is 13.7. The van der Waals surface area contributed by atoms with E-state index in [9.17, 15) is 9.59 Å². The SMILES string of the molecule is C=CCNC(=O)C1CC(=O)N(CCCCC)C1. The Morgan fingerprint density at radius 3 is 3.00 bits per heavy atom. The van der Waals surface area contributed by atoms with Crippen LogP contribution in [0.15, 0.2) is 12.7 Å². The second-order valence-corrected chi connectivity index (χ2v) is 4.48. The fourth-order valence-corrected chi connectivity index (χ4v) is 2.03. The summed E-state index contributed by atoms with van der Waals surface area (Å²) in [6.45, 7) is 7.52. The van der Waals surface area contributed by atoms with Crippen molar-refractivity contribution >= 4 is 11.8 Å². The molecule has 0 bridgehead atoms. The predicted octanol–water partition coefficient (Wildman–Crippen LogP) is 1.33. The molecule has 4 nitrogen and oxygen atoms in total. The number of carbonyl (C=O) groups is 2. The van der Waals surface area contributed by atoms with Gasteiger partial charge in [-0.25, -0.2) is 0 Å². The minimum Gasteiger partial charge on any atom is -0.352 e. The number of unbranched alkanes of at least 4 members (excludes halogenated alkanes) is 2. The van der Waals surface area contributed by atoms with Crippen molar-refractivity contribution in [3.63, 3.8) is 0 Å². The van der Waals surface area contributed by atoms with Gasteiger partial charge in [-0.3, -0.25) is 9.59 Å². The molecule has 1 aliphatic rings. The third kappa shape index (κ3) is 4.21. The normalized spacial score (nSPS) is 19.5. The van der Waals surface area contributed by atoms with E-state index >= 15 is 0 Å². The van der Waals surface area contributed by atoms with Crippen LogP contribution >= 0.6 is 0 Å². The standard InChI is InChI=1S/C13H22N2O2/c1-3-5-6-8-15-10-11(9-12(15)16)13(17)14-7-4-2/h4,11H,2-3,5-10H2,1H3,(H,14,17). The largest absolute Gasteiger partial charge is 0.352 e. The molecule has 0 spiro atoms. The average Bonchev–Trinajstić information content (AvgIpc) is 2.68. The van der Waals surface area contributed by atoms with E-state index in [0.717, 1.165) is 25.8 Å². The van der Waals surface area contributed by atoms with E-state index in [0.29, 0.717) is 19.5 Å². The van der Waals surface area contributed by atoms with Gasteiger partial charge >= 0.3 is 0 Å². The van der Waals surface area contributed by atoms with Crippen LogP contribution in [0, 0.1) is 5.92 Å². The van der Waals surface area contributed by atoms with Crippen LogP contribution in [0.25, 0.3) is 0 Å². The molecule has 1 N–H and O–H groups in total. The smallest absolute Gasteiger partial charge is 0.225 e. The first-order valence-corrected chi connectivity index (χ1v) is 6.35. The van der Waals surface area contributed by atoms with Gasteiger partial charge in [-0.1, -0.05) is 25.8 Å². The lowest BCUT2D eigenvalue weighted by molar-refractivity contribution is -0.129. The van der Waals surface area contributed by atoms with Crippen molar-refractivity contribution in [2.75, 3.05) is 19.6 Å². The van der Waals surface area contributed by atoms with Gasteiger partial charge in [0.15, 0.2) is 0 Å². The molecule has 0 aliphatic carbocycles. The van der Waals surface area contributed by atoms with Gasteiger partial charge in [0.05, 0.1) is 5.92 Å². The highest BCUT2D eigenvalue weighted by molar-refractivity contribution is 5.89. The van der Waals surface area contributed by atoms with Crippen LogP contribution in [0.1, 0.15) is 32.6 Å². The number of nitrogens with one attached hydrogen (secondary N) is 1. The first-order chi connectivity index (χ1) is 8.19. The fraction of sp³-hybridized carbons (Fsp3) is 0.692. The summed E-state index contributed by atoms with van der Waals surface area (Å²) in [5.74, 6) is -0.0971. The summed E-state index contributed by atoms with van der Waals surface area (Å²) in [5.41, 5.74) is 0. The molecule has 1 heterocycles. The molecule has 0 aromatic heterocycles. The third-order valence-electron chi connectivity index (χ3n) is 3.04. The predicted molar refractivity (Wildman–Crippen MR) is 67.4 cm³/mol. The zero-order valence-corrected chi connectivity index (χ0v) is 10.6. The van der Waals surface area contributed by atoms with Crippen molar-refractivity contribution in [1.82, 2.24) is 10.2 Å². The van der Waals surface area contributed by atoms with Crippen molar-refractivity contribution in [2.45, 2.75) is 32.6 Å². The van der Waals surface area contributed by atoms with Gasteiger partial charge in [0, 0.05) is 26.1 Å². The Kier molecular flexibility index (Phi) is 5.73. The van der Waals surface area contributed by atoms with Crippen molar-refractivity contribution in [3.8, 4) is 0 Å². The highest BCUT2D eigenvalue weighted by Gasteiger charge is 2.33. The average molecular weight is 238 g/mol. The molecule has 2 amide bonds. The molecule has 1 unspecified atom stereocenters. The highest BCUT2D eigenvalue weighted by Crippen LogP contribution is 2.18. The zero-order valence-electron chi connectivity index (χ0n) is 10.6. The van der Waals surface area contributed by atoms with Crippen molar-refractivity contribution in [3.05, 3.63) is 12.7 Å². The Bertz CT molecular complexity index is 289. The van der Waals surface area contributed by atoms with Crippen molar-refractivity contribution < 1.29 is 9.59 Å². The molecule has 1 rings (SSSR count). The molecular formula is C13H22N2O2. The van der Waals surface area contributed by atoms with E-state index in [2.05, 4.69) is 18.8 Å². The molecule has 1 aliphatic heterocycles. The van der Waals surface area contributed by atoms with Crippen molar-refractivity contribution in [2.24, 2.45) is 5.92 Å². The summed E-state index contributed by atoms with van der Waals surface area (Å²) >= 11 is 0. The van der Waals surface area contributed by atoms with Crippen molar-refractivity contribution in [1.29, 1.82) is 0 Å². The van der Waals surface area contributed by atoms with Crippen LogP contribution in [0.4, 0.5) is 0 Å². The van der Waals surface area contributed by atoms with E-state index < -0.39 is 0 Å². The van der Waals surface area contributed by atoms with E-state index in [-0.39, 0.29) is 17.7 Å². The Morgan fingerprint density at radius 1 is 1.59 bits per heavy atom. The van der Waals surface area contributed by atoms with Gasteiger partial charge in [-0.05, 0) is 6.42 Å². The monoisotopic (exact) mass is 238 g/mol. The Hall–Kier alpha value is -1.32. The van der Waals surface area contributed by atoms with Gasteiger partial charge < -0.3 is 10.2 Å². The quantitative estimate of drug-likeness (QED) is 0.537. The lowest BCUT2D eigenvalue weighted by Gasteiger charge is -2.16. The molecule has 96 valence electrons. The maximum Gasteiger partial charge on any atom is 0.225 e. The van der Waals surface area contributed by atoms with Gasteiger partial charge in [0.2, 0.25) is 11.8 Å². The number of rotatable bonds is 7. The number of likely N-dealkylation sites (tertiary alicyclic amines) is 1. The number of amides is 2. The molecule has 4 heteroatoms. The molecular weight excluding hydrogens is 216 g/mol. The highest BCUT2D eigenvalue weighted by atomic mass is 16.2. The molecule has 0 saturated carbocycles. The Labute approximate surface area is 103 Å². The minimum absolute atomic E-state index is 0.0313. The van der Waals surface area contributed by atoms with Crippen LogP contribution < -0.4 is 5.32 Å². The van der Waals surface area contributed by atoms with Gasteiger partial charge in [0.1, 0.15) is 0 Å². The van der Waals surface area contributed by atoms with Crippen LogP contribution in [-0.2, 0) is 9.59 Å². The van der Waals surface area contributed by atoms with Crippen LogP contribution in [0.3, 0.4) is 0 Å². The number of hydrogen-bond acceptors (Lipinski definition) is 2. The van der Waals surface area contributed by atoms with Crippen LogP contribution in [0.2, 0.25) is 0 Å². The van der Waals surface area contributed by atoms with E-state index in [1.807, 2.05) is 4.90 Å². The molecule has 17 heavy (non-hydrogen) atoms. The maximum absolute atomic E-state index is 11.7. The maximum atomic E-state index is 11.7. The van der Waals surface area contributed by atoms with E-state index in [1.165, 1.54) is 0 Å². The number of nitrogens with zero attached hydrogens (tertiary/aromatic N) is 1. The van der Waals surface area contributed by atoms with E-state index in [4.69, 9.17) is 0 Å². The number of carbonyl (C=O) groups excluding carboxylic acids is 2.